The first-order valence-corrected chi connectivity index (χ1v) is 11.6. The van der Waals surface area contributed by atoms with Gasteiger partial charge in [-0.1, -0.05) is 72.8 Å². The number of hydrogen-bond donors (Lipinski definition) is 2. The number of hydrogen-bond acceptors (Lipinski definition) is 2. The molecule has 4 rings (SSSR count). The molecule has 1 aliphatic heterocycles. The van der Waals surface area contributed by atoms with E-state index in [0.717, 1.165) is 29.7 Å². The molecule has 0 bridgehead atoms. The highest BCUT2D eigenvalue weighted by atomic mass is 19.1. The summed E-state index contributed by atoms with van der Waals surface area (Å²) in [7, 11) is 2.05. The summed E-state index contributed by atoms with van der Waals surface area (Å²) in [6.07, 6.45) is 0.764. The molecule has 0 aromatic heterocycles. The quantitative estimate of drug-likeness (QED) is 0.506. The maximum Gasteiger partial charge on any atom is 0.275 e. The number of likely N-dealkylation sites (N-methyl/N-ethyl adjacent to an activating group) is 1. The van der Waals surface area contributed by atoms with Crippen molar-refractivity contribution in [3.63, 3.8) is 0 Å². The zero-order valence-corrected chi connectivity index (χ0v) is 19.4. The number of nitrogens with zero attached hydrogens (tertiary/aromatic N) is 1. The van der Waals surface area contributed by atoms with Crippen LogP contribution in [0.1, 0.15) is 23.1 Å². The van der Waals surface area contributed by atoms with Gasteiger partial charge < -0.3 is 15.5 Å². The van der Waals surface area contributed by atoms with Crippen LogP contribution in [0.5, 0.6) is 0 Å². The number of carbonyl (C=O) groups excluding carboxylic acids is 2. The van der Waals surface area contributed by atoms with E-state index in [0.29, 0.717) is 11.0 Å². The summed E-state index contributed by atoms with van der Waals surface area (Å²) in [6, 6.07) is 25.6. The molecule has 6 heteroatoms. The van der Waals surface area contributed by atoms with Gasteiger partial charge in [0.05, 0.1) is 20.1 Å². The molecule has 176 valence electrons. The molecule has 3 N–H and O–H groups in total. The molecule has 34 heavy (non-hydrogen) atoms. The highest BCUT2D eigenvalue weighted by molar-refractivity contribution is 5.91. The Morgan fingerprint density at radius 1 is 1.00 bits per heavy atom. The van der Waals surface area contributed by atoms with Crippen LogP contribution in [-0.4, -0.2) is 43.0 Å². The van der Waals surface area contributed by atoms with E-state index in [4.69, 9.17) is 5.73 Å². The molecule has 3 aromatic rings. The van der Waals surface area contributed by atoms with Crippen molar-refractivity contribution in [2.75, 3.05) is 26.7 Å². The largest absolute Gasteiger partial charge is 0.369 e. The topological polar surface area (TPSA) is 72.2 Å². The molecule has 2 atom stereocenters. The van der Waals surface area contributed by atoms with Gasteiger partial charge in [0, 0.05) is 18.9 Å². The summed E-state index contributed by atoms with van der Waals surface area (Å²) in [5.41, 5.74) is 7.67. The van der Waals surface area contributed by atoms with Crippen LogP contribution in [0.2, 0.25) is 0 Å². The lowest BCUT2D eigenvalue weighted by Crippen LogP contribution is -2.53. The number of carbonyl (C=O) groups is 2. The fourth-order valence-corrected chi connectivity index (χ4v) is 5.46. The summed E-state index contributed by atoms with van der Waals surface area (Å²) < 4.78 is 13.9. The SMILES string of the molecule is C[N+]1(CC(=O)NCc2cccc(F)c2)CC[C@@H](C(C(N)=O)(c2ccccc2)c2ccccc2)C1. The third kappa shape index (κ3) is 4.73. The van der Waals surface area contributed by atoms with Crippen LogP contribution < -0.4 is 11.1 Å². The smallest absolute Gasteiger partial charge is 0.275 e. The van der Waals surface area contributed by atoms with E-state index in [-0.39, 0.29) is 36.6 Å². The molecule has 1 heterocycles. The number of nitrogens with two attached hydrogens (primary N) is 1. The third-order valence-electron chi connectivity index (χ3n) is 7.04. The Hall–Kier alpha value is -3.51. The van der Waals surface area contributed by atoms with Crippen molar-refractivity contribution < 1.29 is 18.5 Å². The van der Waals surface area contributed by atoms with Crippen LogP contribution in [-0.2, 0) is 21.5 Å². The first-order chi connectivity index (χ1) is 16.3. The van der Waals surface area contributed by atoms with Crippen molar-refractivity contribution in [3.8, 4) is 0 Å². The number of likely N-dealkylation sites (tertiary alicyclic amines) is 1. The van der Waals surface area contributed by atoms with Gasteiger partial charge in [-0.15, -0.1) is 0 Å². The lowest BCUT2D eigenvalue weighted by atomic mass is 9.64. The zero-order valence-electron chi connectivity index (χ0n) is 19.4. The van der Waals surface area contributed by atoms with Gasteiger partial charge in [-0.2, -0.15) is 0 Å². The second kappa shape index (κ2) is 9.77. The Bertz CT molecular complexity index is 1110. The average molecular weight is 461 g/mol. The first kappa shape index (κ1) is 23.6. The number of benzene rings is 3. The van der Waals surface area contributed by atoms with Crippen LogP contribution in [0.25, 0.3) is 0 Å². The van der Waals surface area contributed by atoms with E-state index >= 15 is 0 Å². The average Bonchev–Trinajstić information content (AvgIpc) is 3.21. The molecule has 2 amide bonds. The first-order valence-electron chi connectivity index (χ1n) is 11.6. The van der Waals surface area contributed by atoms with E-state index in [1.54, 1.807) is 12.1 Å². The Morgan fingerprint density at radius 2 is 1.62 bits per heavy atom. The number of rotatable bonds is 8. The molecule has 0 saturated carbocycles. The fourth-order valence-electron chi connectivity index (χ4n) is 5.46. The molecule has 1 saturated heterocycles. The van der Waals surface area contributed by atoms with Crippen molar-refractivity contribution in [3.05, 3.63) is 107 Å². The van der Waals surface area contributed by atoms with Crippen LogP contribution in [0.4, 0.5) is 4.39 Å². The molecule has 1 aliphatic rings. The molecule has 0 spiro atoms. The third-order valence-corrected chi connectivity index (χ3v) is 7.04. The van der Waals surface area contributed by atoms with E-state index in [2.05, 4.69) is 5.32 Å². The van der Waals surface area contributed by atoms with Gasteiger partial charge in [-0.05, 0) is 28.8 Å². The molecule has 0 aliphatic carbocycles. The van der Waals surface area contributed by atoms with Gasteiger partial charge in [0.25, 0.3) is 5.91 Å². The highest BCUT2D eigenvalue weighted by Crippen LogP contribution is 2.44. The molecule has 0 radical (unpaired) electrons. The zero-order chi connectivity index (χ0) is 24.2. The van der Waals surface area contributed by atoms with Gasteiger partial charge in [-0.25, -0.2) is 4.39 Å². The normalized spacial score (nSPS) is 20.1. The van der Waals surface area contributed by atoms with Crippen LogP contribution in [0.15, 0.2) is 84.9 Å². The Morgan fingerprint density at radius 3 is 2.18 bits per heavy atom. The Kier molecular flexibility index (Phi) is 6.80. The van der Waals surface area contributed by atoms with Crippen LogP contribution in [0, 0.1) is 11.7 Å². The molecule has 1 unspecified atom stereocenters. The number of amides is 2. The van der Waals surface area contributed by atoms with Crippen LogP contribution in [0.3, 0.4) is 0 Å². The molecular formula is C28H31FN3O2+. The fraction of sp³-hybridized carbons (Fsp3) is 0.286. The summed E-state index contributed by atoms with van der Waals surface area (Å²) in [6.45, 7) is 1.95. The highest BCUT2D eigenvalue weighted by Gasteiger charge is 2.53. The van der Waals surface area contributed by atoms with E-state index in [1.807, 2.05) is 67.7 Å². The number of halogens is 1. The predicted octanol–water partition coefficient (Wildman–Crippen LogP) is 3.38. The minimum absolute atomic E-state index is 0.0594. The van der Waals surface area contributed by atoms with Crippen molar-refractivity contribution in [2.45, 2.75) is 18.4 Å². The summed E-state index contributed by atoms with van der Waals surface area (Å²) >= 11 is 0. The lowest BCUT2D eigenvalue weighted by Gasteiger charge is -2.38. The van der Waals surface area contributed by atoms with Crippen molar-refractivity contribution in [1.29, 1.82) is 0 Å². The number of quaternary nitrogens is 1. The summed E-state index contributed by atoms with van der Waals surface area (Å²) in [5.74, 6) is -0.857. The predicted molar refractivity (Wildman–Crippen MR) is 130 cm³/mol. The minimum atomic E-state index is -0.976. The maximum absolute atomic E-state index is 13.4. The molecule has 1 fully saturated rings. The number of nitrogens with one attached hydrogen (secondary N) is 1. The van der Waals surface area contributed by atoms with Crippen molar-refractivity contribution >= 4 is 11.8 Å². The Balaban J connectivity index is 1.56. The van der Waals surface area contributed by atoms with Gasteiger partial charge in [0.15, 0.2) is 6.54 Å². The van der Waals surface area contributed by atoms with E-state index in [1.165, 1.54) is 12.1 Å². The minimum Gasteiger partial charge on any atom is -0.369 e. The van der Waals surface area contributed by atoms with Crippen LogP contribution >= 0.6 is 0 Å². The van der Waals surface area contributed by atoms with Gasteiger partial charge in [0.1, 0.15) is 11.2 Å². The molecule has 3 aromatic carbocycles. The Labute approximate surface area is 200 Å². The maximum atomic E-state index is 13.4. The van der Waals surface area contributed by atoms with Gasteiger partial charge in [-0.3, -0.25) is 9.59 Å². The lowest BCUT2D eigenvalue weighted by molar-refractivity contribution is -0.891. The van der Waals surface area contributed by atoms with Gasteiger partial charge in [0.2, 0.25) is 5.91 Å². The second-order valence-electron chi connectivity index (χ2n) is 9.48. The summed E-state index contributed by atoms with van der Waals surface area (Å²) in [5, 5.41) is 2.91. The van der Waals surface area contributed by atoms with Gasteiger partial charge >= 0.3 is 0 Å². The summed E-state index contributed by atoms with van der Waals surface area (Å²) in [4.78, 5) is 26.0. The second-order valence-corrected chi connectivity index (χ2v) is 9.48. The number of primary amides is 1. The monoisotopic (exact) mass is 460 g/mol. The van der Waals surface area contributed by atoms with Crippen molar-refractivity contribution in [2.24, 2.45) is 11.7 Å². The standard InChI is InChI=1S/C28H30FN3O2/c1-32(20-26(33)31-18-21-9-8-14-25(29)17-21)16-15-24(19-32)28(27(30)34,22-10-4-2-5-11-22)23-12-6-3-7-13-23/h2-14,17,24H,15-16,18-20H2,1H3,(H2-,30,31,33,34)/p+1/t24-,32?/m1/s1. The van der Waals surface area contributed by atoms with E-state index < -0.39 is 5.41 Å². The molecule has 5 nitrogen and oxygen atoms in total. The van der Waals surface area contributed by atoms with Crippen molar-refractivity contribution in [1.82, 2.24) is 5.32 Å². The van der Waals surface area contributed by atoms with E-state index in [9.17, 15) is 14.0 Å². The molecular weight excluding hydrogens is 429 g/mol.